The molecule has 11 heavy (non-hydrogen) atoms. The highest BCUT2D eigenvalue weighted by Gasteiger charge is 2.34. The Balaban J connectivity index is 2.70. The first-order valence-electron chi connectivity index (χ1n) is 4.07. The molecule has 0 aromatic carbocycles. The van der Waals surface area contributed by atoms with Gasteiger partial charge in [0.2, 0.25) is 0 Å². The minimum Gasteiger partial charge on any atom is -0.300 e. The van der Waals surface area contributed by atoms with Crippen LogP contribution in [0.5, 0.6) is 0 Å². The number of carbonyl (C=O) groups is 2. The van der Waals surface area contributed by atoms with E-state index >= 15 is 0 Å². The minimum absolute atomic E-state index is 0.158. The lowest BCUT2D eigenvalue weighted by molar-refractivity contribution is -0.134. The highest BCUT2D eigenvalue weighted by atomic mass is 16.1. The highest BCUT2D eigenvalue weighted by Crippen LogP contribution is 2.34. The van der Waals surface area contributed by atoms with Crippen molar-refractivity contribution in [3.63, 3.8) is 0 Å². The summed E-state index contributed by atoms with van der Waals surface area (Å²) in [6.45, 7) is 3.48. The molecule has 1 atom stereocenters. The van der Waals surface area contributed by atoms with Crippen molar-refractivity contribution in [2.75, 3.05) is 0 Å². The Bertz CT molecular complexity index is 196. The van der Waals surface area contributed by atoms with Crippen molar-refractivity contribution in [1.29, 1.82) is 0 Å². The smallest absolute Gasteiger partial charge is 0.136 e. The maximum atomic E-state index is 11.1. The quantitative estimate of drug-likeness (QED) is 0.576. The van der Waals surface area contributed by atoms with Crippen molar-refractivity contribution in [2.45, 2.75) is 39.5 Å². The zero-order valence-corrected chi connectivity index (χ0v) is 7.14. The molecule has 0 aromatic heterocycles. The van der Waals surface area contributed by atoms with Crippen LogP contribution in [0.4, 0.5) is 0 Å². The van der Waals surface area contributed by atoms with Gasteiger partial charge in [-0.05, 0) is 19.8 Å². The van der Waals surface area contributed by atoms with Gasteiger partial charge in [0.15, 0.2) is 0 Å². The summed E-state index contributed by atoms with van der Waals surface area (Å²) < 4.78 is 0. The Hall–Kier alpha value is -0.660. The molecule has 1 unspecified atom stereocenters. The van der Waals surface area contributed by atoms with Crippen molar-refractivity contribution in [3.8, 4) is 0 Å². The zero-order valence-electron chi connectivity index (χ0n) is 7.14. The van der Waals surface area contributed by atoms with Gasteiger partial charge in [0.1, 0.15) is 11.6 Å². The number of Topliss-reactive ketones (excluding diaryl/α,β-unsaturated/α-hetero) is 2. The molecule has 0 aliphatic heterocycles. The molecule has 1 fully saturated rings. The third-order valence-corrected chi connectivity index (χ3v) is 2.62. The van der Waals surface area contributed by atoms with Crippen LogP contribution in [0.2, 0.25) is 0 Å². The van der Waals surface area contributed by atoms with Gasteiger partial charge in [-0.2, -0.15) is 0 Å². The monoisotopic (exact) mass is 154 g/mol. The molecule has 0 bridgehead atoms. The second kappa shape index (κ2) is 2.76. The summed E-state index contributed by atoms with van der Waals surface area (Å²) in [4.78, 5) is 22.1. The van der Waals surface area contributed by atoms with Gasteiger partial charge in [-0.3, -0.25) is 9.59 Å². The van der Waals surface area contributed by atoms with Gasteiger partial charge in [-0.15, -0.1) is 0 Å². The van der Waals surface area contributed by atoms with E-state index in [9.17, 15) is 9.59 Å². The molecule has 1 aliphatic rings. The van der Waals surface area contributed by atoms with Gasteiger partial charge in [-0.25, -0.2) is 0 Å². The summed E-state index contributed by atoms with van der Waals surface area (Å²) in [7, 11) is 0. The summed E-state index contributed by atoms with van der Waals surface area (Å²) in [6.07, 6.45) is 2.90. The van der Waals surface area contributed by atoms with Gasteiger partial charge >= 0.3 is 0 Å². The summed E-state index contributed by atoms with van der Waals surface area (Å²) in [5.41, 5.74) is -0.338. The van der Waals surface area contributed by atoms with Gasteiger partial charge in [-0.1, -0.05) is 6.92 Å². The minimum atomic E-state index is -0.338. The average Bonchev–Trinajstić information content (AvgIpc) is 1.86. The molecule has 0 heterocycles. The second-order valence-electron chi connectivity index (χ2n) is 3.69. The molecule has 0 spiro atoms. The predicted molar refractivity (Wildman–Crippen MR) is 42.3 cm³/mol. The lowest BCUT2D eigenvalue weighted by Crippen LogP contribution is -2.32. The number of hydrogen-bond donors (Lipinski definition) is 0. The summed E-state index contributed by atoms with van der Waals surface area (Å²) >= 11 is 0. The Morgan fingerprint density at radius 2 is 2.18 bits per heavy atom. The molecule has 0 amide bonds. The molecule has 2 heteroatoms. The molecule has 0 radical (unpaired) electrons. The number of hydrogen-bond acceptors (Lipinski definition) is 2. The highest BCUT2D eigenvalue weighted by molar-refractivity contribution is 5.90. The van der Waals surface area contributed by atoms with Crippen LogP contribution >= 0.6 is 0 Å². The van der Waals surface area contributed by atoms with Crippen molar-refractivity contribution in [1.82, 2.24) is 0 Å². The van der Waals surface area contributed by atoms with E-state index < -0.39 is 0 Å². The van der Waals surface area contributed by atoms with Gasteiger partial charge in [0.25, 0.3) is 0 Å². The van der Waals surface area contributed by atoms with E-state index in [1.165, 1.54) is 0 Å². The van der Waals surface area contributed by atoms with Gasteiger partial charge < -0.3 is 0 Å². The van der Waals surface area contributed by atoms with Crippen LogP contribution in [0.25, 0.3) is 0 Å². The van der Waals surface area contributed by atoms with Crippen molar-refractivity contribution in [3.05, 3.63) is 0 Å². The third-order valence-electron chi connectivity index (χ3n) is 2.62. The maximum absolute atomic E-state index is 11.1. The summed E-state index contributed by atoms with van der Waals surface area (Å²) in [6, 6.07) is 0. The first-order valence-corrected chi connectivity index (χ1v) is 4.07. The number of carbonyl (C=O) groups excluding carboxylic acids is 2. The topological polar surface area (TPSA) is 34.1 Å². The van der Waals surface area contributed by atoms with Crippen LogP contribution < -0.4 is 0 Å². The van der Waals surface area contributed by atoms with Gasteiger partial charge in [0.05, 0.1) is 0 Å². The fourth-order valence-electron chi connectivity index (χ4n) is 1.59. The van der Waals surface area contributed by atoms with Crippen LogP contribution in [0, 0.1) is 5.41 Å². The van der Waals surface area contributed by atoms with Crippen LogP contribution in [-0.2, 0) is 9.59 Å². The molecule has 1 rings (SSSR count). The maximum Gasteiger partial charge on any atom is 0.136 e. The Morgan fingerprint density at radius 3 is 2.55 bits per heavy atom. The SMILES string of the molecule is CC(=O)C1(C)CCCC(=O)C1. The van der Waals surface area contributed by atoms with Crippen LogP contribution in [0.15, 0.2) is 0 Å². The largest absolute Gasteiger partial charge is 0.300 e. The predicted octanol–water partition coefficient (Wildman–Crippen LogP) is 1.72. The average molecular weight is 154 g/mol. The van der Waals surface area contributed by atoms with Crippen LogP contribution in [0.3, 0.4) is 0 Å². The molecule has 0 aromatic rings. The van der Waals surface area contributed by atoms with Crippen molar-refractivity contribution in [2.24, 2.45) is 5.41 Å². The number of rotatable bonds is 1. The number of ketones is 2. The third kappa shape index (κ3) is 1.67. The van der Waals surface area contributed by atoms with E-state index in [-0.39, 0.29) is 17.0 Å². The Labute approximate surface area is 67.0 Å². The van der Waals surface area contributed by atoms with Gasteiger partial charge in [0, 0.05) is 18.3 Å². The lowest BCUT2D eigenvalue weighted by Gasteiger charge is -2.29. The molecule has 62 valence electrons. The molecule has 0 saturated heterocycles. The first-order chi connectivity index (χ1) is 5.04. The molecule has 1 aliphatic carbocycles. The second-order valence-corrected chi connectivity index (χ2v) is 3.69. The van der Waals surface area contributed by atoms with Crippen LogP contribution in [0.1, 0.15) is 39.5 Å². The van der Waals surface area contributed by atoms with E-state index in [0.29, 0.717) is 12.8 Å². The molecule has 1 saturated carbocycles. The normalized spacial score (nSPS) is 32.0. The van der Waals surface area contributed by atoms with Crippen molar-refractivity contribution >= 4 is 11.6 Å². The lowest BCUT2D eigenvalue weighted by atomic mass is 9.73. The Morgan fingerprint density at radius 1 is 1.55 bits per heavy atom. The summed E-state index contributed by atoms with van der Waals surface area (Å²) in [5, 5.41) is 0. The molecular weight excluding hydrogens is 140 g/mol. The van der Waals surface area contributed by atoms with E-state index in [0.717, 1.165) is 12.8 Å². The standard InChI is InChI=1S/C9H14O2/c1-7(10)9(2)5-3-4-8(11)6-9/h3-6H2,1-2H3. The van der Waals surface area contributed by atoms with E-state index in [1.807, 2.05) is 6.92 Å². The molecule has 2 nitrogen and oxygen atoms in total. The molecule has 0 N–H and O–H groups in total. The first kappa shape index (κ1) is 8.44. The van der Waals surface area contributed by atoms with E-state index in [4.69, 9.17) is 0 Å². The van der Waals surface area contributed by atoms with Crippen molar-refractivity contribution < 1.29 is 9.59 Å². The Kier molecular flexibility index (Phi) is 2.12. The van der Waals surface area contributed by atoms with Crippen LogP contribution in [-0.4, -0.2) is 11.6 Å². The zero-order chi connectivity index (χ0) is 8.48. The fraction of sp³-hybridized carbons (Fsp3) is 0.778. The fourth-order valence-corrected chi connectivity index (χ4v) is 1.59. The summed E-state index contributed by atoms with van der Waals surface area (Å²) in [5.74, 6) is 0.402. The molecular formula is C9H14O2. The van der Waals surface area contributed by atoms with E-state index in [2.05, 4.69) is 0 Å². The van der Waals surface area contributed by atoms with E-state index in [1.54, 1.807) is 6.92 Å².